The van der Waals surface area contributed by atoms with Crippen LogP contribution in [0, 0.1) is 0 Å². The van der Waals surface area contributed by atoms with Gasteiger partial charge in [0.15, 0.2) is 0 Å². The van der Waals surface area contributed by atoms with Gasteiger partial charge in [-0.15, -0.1) is 11.8 Å². The molecule has 0 bridgehead atoms. The lowest BCUT2D eigenvalue weighted by atomic mass is 9.96. The molecular weight excluding hydrogens is 282 g/mol. The summed E-state index contributed by atoms with van der Waals surface area (Å²) in [7, 11) is 0. The topological polar surface area (TPSA) is 49.0 Å². The second kappa shape index (κ2) is 6.35. The van der Waals surface area contributed by atoms with Crippen molar-refractivity contribution < 1.29 is 4.79 Å². The number of thioether (sulfide) groups is 1. The Balaban J connectivity index is 1.91. The number of hydrogen-bond donors (Lipinski definition) is 1. The van der Waals surface area contributed by atoms with Gasteiger partial charge in [-0.05, 0) is 37.7 Å². The maximum atomic E-state index is 13.0. The van der Waals surface area contributed by atoms with Crippen molar-refractivity contribution in [1.29, 1.82) is 0 Å². The van der Waals surface area contributed by atoms with Gasteiger partial charge in [0.25, 0.3) is 5.91 Å². The van der Waals surface area contributed by atoms with Crippen LogP contribution < -0.4 is 0 Å². The molecule has 0 unspecified atom stereocenters. The van der Waals surface area contributed by atoms with E-state index in [2.05, 4.69) is 10.2 Å². The summed E-state index contributed by atoms with van der Waals surface area (Å²) in [6.07, 6.45) is 8.97. The third-order valence-corrected chi connectivity index (χ3v) is 4.80. The summed E-state index contributed by atoms with van der Waals surface area (Å²) in [5.74, 6) is 0.130. The lowest BCUT2D eigenvalue weighted by molar-refractivity contribution is 0.0608. The molecule has 110 valence electrons. The van der Waals surface area contributed by atoms with Crippen molar-refractivity contribution in [3.8, 4) is 0 Å². The summed E-state index contributed by atoms with van der Waals surface area (Å²) in [6.45, 7) is 0.817. The molecule has 1 aliphatic rings. The molecule has 1 amide bonds. The average Bonchev–Trinajstić information content (AvgIpc) is 3.08. The predicted octanol–water partition coefficient (Wildman–Crippen LogP) is 3.50. The van der Waals surface area contributed by atoms with E-state index < -0.39 is 0 Å². The van der Waals surface area contributed by atoms with Gasteiger partial charge in [0.05, 0.1) is 17.8 Å². The van der Waals surface area contributed by atoms with E-state index in [1.54, 1.807) is 11.8 Å². The Bertz CT molecular complexity index is 612. The molecule has 1 fully saturated rings. The first kappa shape index (κ1) is 14.2. The Labute approximate surface area is 128 Å². The third-order valence-electron chi connectivity index (χ3n) is 4.01. The maximum Gasteiger partial charge on any atom is 0.255 e. The molecule has 0 radical (unpaired) electrons. The van der Waals surface area contributed by atoms with Crippen LogP contribution in [0.3, 0.4) is 0 Å². The van der Waals surface area contributed by atoms with Crippen molar-refractivity contribution in [1.82, 2.24) is 15.1 Å². The number of hydrogen-bond acceptors (Lipinski definition) is 3. The number of likely N-dealkylation sites (tertiary alicyclic amines) is 1. The molecule has 4 nitrogen and oxygen atoms in total. The Morgan fingerprint density at radius 2 is 2.24 bits per heavy atom. The number of carbonyl (C=O) groups excluding carboxylic acids is 1. The molecule has 0 saturated carbocycles. The van der Waals surface area contributed by atoms with Crippen LogP contribution in [-0.4, -0.2) is 33.8 Å². The monoisotopic (exact) mass is 301 g/mol. The summed E-state index contributed by atoms with van der Waals surface area (Å²) in [4.78, 5) is 16.0. The van der Waals surface area contributed by atoms with Crippen LogP contribution in [0.25, 0.3) is 0 Å². The van der Waals surface area contributed by atoms with Gasteiger partial charge in [0.2, 0.25) is 0 Å². The minimum atomic E-state index is 0.130. The van der Waals surface area contributed by atoms with Crippen molar-refractivity contribution in [2.24, 2.45) is 0 Å². The van der Waals surface area contributed by atoms with E-state index >= 15 is 0 Å². The third kappa shape index (κ3) is 2.83. The number of carbonyl (C=O) groups is 1. The lowest BCUT2D eigenvalue weighted by Crippen LogP contribution is -2.38. The quantitative estimate of drug-likeness (QED) is 0.883. The molecule has 1 saturated heterocycles. The van der Waals surface area contributed by atoms with Gasteiger partial charge in [-0.1, -0.05) is 12.1 Å². The second-order valence-electron chi connectivity index (χ2n) is 5.24. The fourth-order valence-electron chi connectivity index (χ4n) is 2.94. The van der Waals surface area contributed by atoms with Crippen molar-refractivity contribution in [2.45, 2.75) is 30.2 Å². The average molecular weight is 301 g/mol. The Morgan fingerprint density at radius 3 is 3.00 bits per heavy atom. The van der Waals surface area contributed by atoms with Crippen molar-refractivity contribution >= 4 is 17.7 Å². The second-order valence-corrected chi connectivity index (χ2v) is 6.09. The summed E-state index contributed by atoms with van der Waals surface area (Å²) in [5.41, 5.74) is 1.91. The summed E-state index contributed by atoms with van der Waals surface area (Å²) >= 11 is 1.62. The number of amides is 1. The first-order valence-electron chi connectivity index (χ1n) is 7.24. The van der Waals surface area contributed by atoms with Gasteiger partial charge in [0.1, 0.15) is 0 Å². The molecule has 2 aromatic rings. The SMILES string of the molecule is CSc1ccccc1C(=O)N1CCCC[C@@H]1c1cn[nH]c1. The highest BCUT2D eigenvalue weighted by Crippen LogP contribution is 2.33. The number of nitrogens with one attached hydrogen (secondary N) is 1. The zero-order valence-electron chi connectivity index (χ0n) is 12.1. The number of rotatable bonds is 3. The van der Waals surface area contributed by atoms with Crippen molar-refractivity contribution in [3.63, 3.8) is 0 Å². The Morgan fingerprint density at radius 1 is 1.38 bits per heavy atom. The van der Waals surface area contributed by atoms with E-state index in [4.69, 9.17) is 0 Å². The molecule has 5 heteroatoms. The summed E-state index contributed by atoms with van der Waals surface area (Å²) in [5, 5.41) is 6.89. The van der Waals surface area contributed by atoms with E-state index in [0.717, 1.165) is 41.8 Å². The van der Waals surface area contributed by atoms with Crippen LogP contribution in [0.5, 0.6) is 0 Å². The first-order chi connectivity index (χ1) is 10.3. The Kier molecular flexibility index (Phi) is 4.29. The zero-order valence-corrected chi connectivity index (χ0v) is 12.9. The zero-order chi connectivity index (χ0) is 14.7. The summed E-state index contributed by atoms with van der Waals surface area (Å²) in [6, 6.07) is 7.99. The minimum Gasteiger partial charge on any atom is -0.331 e. The van der Waals surface area contributed by atoms with Crippen LogP contribution >= 0.6 is 11.8 Å². The van der Waals surface area contributed by atoms with Gasteiger partial charge in [-0.3, -0.25) is 9.89 Å². The van der Waals surface area contributed by atoms with Gasteiger partial charge >= 0.3 is 0 Å². The molecule has 0 spiro atoms. The van der Waals surface area contributed by atoms with Crippen LogP contribution in [0.1, 0.15) is 41.2 Å². The van der Waals surface area contributed by atoms with Crippen LogP contribution in [0.15, 0.2) is 41.6 Å². The van der Waals surface area contributed by atoms with Gasteiger partial charge in [-0.2, -0.15) is 5.10 Å². The van der Waals surface area contributed by atoms with E-state index in [9.17, 15) is 4.79 Å². The summed E-state index contributed by atoms with van der Waals surface area (Å²) < 4.78 is 0. The molecule has 21 heavy (non-hydrogen) atoms. The molecule has 1 aliphatic heterocycles. The smallest absolute Gasteiger partial charge is 0.255 e. The van der Waals surface area contributed by atoms with E-state index in [1.807, 2.05) is 47.8 Å². The van der Waals surface area contributed by atoms with Crippen LogP contribution in [0.2, 0.25) is 0 Å². The van der Waals surface area contributed by atoms with Crippen molar-refractivity contribution in [2.75, 3.05) is 12.8 Å². The number of piperidine rings is 1. The van der Waals surface area contributed by atoms with Gasteiger partial charge in [-0.25, -0.2) is 0 Å². The van der Waals surface area contributed by atoms with E-state index in [1.165, 1.54) is 0 Å². The number of aromatic amines is 1. The molecule has 0 aliphatic carbocycles. The maximum absolute atomic E-state index is 13.0. The highest BCUT2D eigenvalue weighted by atomic mass is 32.2. The number of benzene rings is 1. The largest absolute Gasteiger partial charge is 0.331 e. The number of H-pyrrole nitrogens is 1. The van der Waals surface area contributed by atoms with E-state index in [0.29, 0.717) is 0 Å². The normalized spacial score (nSPS) is 18.7. The minimum absolute atomic E-state index is 0.130. The molecule has 1 aromatic heterocycles. The molecule has 1 N–H and O–H groups in total. The standard InChI is InChI=1S/C16H19N3OS/c1-21-15-8-3-2-6-13(15)16(20)19-9-5-4-7-14(19)12-10-17-18-11-12/h2-3,6,8,10-11,14H,4-5,7,9H2,1H3,(H,17,18)/t14-/m1/s1. The highest BCUT2D eigenvalue weighted by Gasteiger charge is 2.30. The molecular formula is C16H19N3OS. The fourth-order valence-corrected chi connectivity index (χ4v) is 3.53. The fraction of sp³-hybridized carbons (Fsp3) is 0.375. The van der Waals surface area contributed by atoms with E-state index in [-0.39, 0.29) is 11.9 Å². The Hall–Kier alpha value is -1.75. The number of aromatic nitrogens is 2. The van der Waals surface area contributed by atoms with Gasteiger partial charge < -0.3 is 4.90 Å². The molecule has 3 rings (SSSR count). The molecule has 2 heterocycles. The van der Waals surface area contributed by atoms with Gasteiger partial charge in [0, 0.05) is 23.2 Å². The molecule has 1 aromatic carbocycles. The predicted molar refractivity (Wildman–Crippen MR) is 84.4 cm³/mol. The van der Waals surface area contributed by atoms with Crippen LogP contribution in [0.4, 0.5) is 0 Å². The number of nitrogens with zero attached hydrogens (tertiary/aromatic N) is 2. The highest BCUT2D eigenvalue weighted by molar-refractivity contribution is 7.98. The van der Waals surface area contributed by atoms with Crippen LogP contribution in [-0.2, 0) is 0 Å². The lowest BCUT2D eigenvalue weighted by Gasteiger charge is -2.35. The first-order valence-corrected chi connectivity index (χ1v) is 8.46. The molecule has 1 atom stereocenters. The van der Waals surface area contributed by atoms with Crippen molar-refractivity contribution in [3.05, 3.63) is 47.8 Å².